The van der Waals surface area contributed by atoms with Gasteiger partial charge in [0.25, 0.3) is 0 Å². The molecule has 0 spiro atoms. The zero-order valence-corrected chi connectivity index (χ0v) is 16.6. The van der Waals surface area contributed by atoms with Gasteiger partial charge in [0.1, 0.15) is 9.71 Å². The second-order valence-corrected chi connectivity index (χ2v) is 7.46. The van der Waals surface area contributed by atoms with Crippen molar-refractivity contribution in [2.75, 3.05) is 12.3 Å². The highest BCUT2D eigenvalue weighted by Crippen LogP contribution is 2.41. The lowest BCUT2D eigenvalue weighted by Gasteiger charge is -2.08. The van der Waals surface area contributed by atoms with Crippen LogP contribution >= 0.6 is 22.9 Å². The molecule has 4 rings (SSSR count). The fourth-order valence-corrected chi connectivity index (χ4v) is 4.11. The van der Waals surface area contributed by atoms with Gasteiger partial charge in [-0.3, -0.25) is 4.98 Å². The summed E-state index contributed by atoms with van der Waals surface area (Å²) in [6, 6.07) is 15.1. The molecule has 0 aliphatic carbocycles. The average Bonchev–Trinajstić information content (AvgIpc) is 3.05. The van der Waals surface area contributed by atoms with Gasteiger partial charge in [0.05, 0.1) is 23.7 Å². The summed E-state index contributed by atoms with van der Waals surface area (Å²) >= 11 is 7.28. The predicted octanol–water partition coefficient (Wildman–Crippen LogP) is 5.44. The molecule has 0 saturated carbocycles. The Labute approximate surface area is 170 Å². The molecule has 0 bridgehead atoms. The van der Waals surface area contributed by atoms with Crippen LogP contribution in [0, 0.1) is 0 Å². The first-order chi connectivity index (χ1) is 13.6. The third-order valence-corrected chi connectivity index (χ3v) is 5.57. The van der Waals surface area contributed by atoms with Crippen molar-refractivity contribution in [3.05, 3.63) is 64.6 Å². The van der Waals surface area contributed by atoms with Gasteiger partial charge in [-0.15, -0.1) is 11.3 Å². The topological polar surface area (TPSA) is 78.1 Å². The minimum absolute atomic E-state index is 0.281. The second kappa shape index (κ2) is 7.58. The Balaban J connectivity index is 2.00. The maximum absolute atomic E-state index is 12.3. The summed E-state index contributed by atoms with van der Waals surface area (Å²) in [4.78, 5) is 22.5. The fraction of sp³-hybridized carbons (Fsp3) is 0.0952. The quantitative estimate of drug-likeness (QED) is 0.454. The Morgan fingerprint density at radius 3 is 2.64 bits per heavy atom. The highest BCUT2D eigenvalue weighted by molar-refractivity contribution is 7.21. The van der Waals surface area contributed by atoms with E-state index in [2.05, 4.69) is 4.98 Å². The molecule has 0 aliphatic heterocycles. The second-order valence-electron chi connectivity index (χ2n) is 6.02. The lowest BCUT2D eigenvalue weighted by atomic mass is 10.0. The van der Waals surface area contributed by atoms with E-state index in [9.17, 15) is 4.79 Å². The van der Waals surface area contributed by atoms with Crippen molar-refractivity contribution in [2.45, 2.75) is 6.92 Å². The van der Waals surface area contributed by atoms with Gasteiger partial charge in [0.2, 0.25) is 0 Å². The van der Waals surface area contributed by atoms with Crippen molar-refractivity contribution in [2.24, 2.45) is 0 Å². The molecule has 0 radical (unpaired) electrons. The Hall–Kier alpha value is -2.96. The Morgan fingerprint density at radius 2 is 1.96 bits per heavy atom. The number of hydrogen-bond acceptors (Lipinski definition) is 6. The van der Waals surface area contributed by atoms with Crippen molar-refractivity contribution in [3.63, 3.8) is 0 Å². The predicted molar refractivity (Wildman–Crippen MR) is 114 cm³/mol. The van der Waals surface area contributed by atoms with Crippen LogP contribution in [0.15, 0.2) is 54.7 Å². The van der Waals surface area contributed by atoms with Crippen molar-refractivity contribution in [1.29, 1.82) is 0 Å². The molecule has 140 valence electrons. The van der Waals surface area contributed by atoms with Gasteiger partial charge in [0, 0.05) is 16.6 Å². The van der Waals surface area contributed by atoms with E-state index in [1.165, 1.54) is 11.3 Å². The molecule has 5 nitrogen and oxygen atoms in total. The van der Waals surface area contributed by atoms with Crippen LogP contribution in [0.5, 0.6) is 0 Å². The van der Waals surface area contributed by atoms with Crippen LogP contribution < -0.4 is 5.73 Å². The number of thiophene rings is 1. The van der Waals surface area contributed by atoms with Crippen LogP contribution in [0.25, 0.3) is 32.7 Å². The molecule has 0 atom stereocenters. The number of anilines is 1. The summed E-state index contributed by atoms with van der Waals surface area (Å²) in [5.74, 6) is -0.440. The minimum Gasteiger partial charge on any atom is -0.462 e. The Kier molecular flexibility index (Phi) is 4.98. The van der Waals surface area contributed by atoms with E-state index in [1.54, 1.807) is 13.1 Å². The largest absolute Gasteiger partial charge is 0.462 e. The summed E-state index contributed by atoms with van der Waals surface area (Å²) in [5.41, 5.74) is 9.97. The molecule has 28 heavy (non-hydrogen) atoms. The number of benzene rings is 1. The van der Waals surface area contributed by atoms with Crippen LogP contribution in [0.4, 0.5) is 5.69 Å². The molecule has 1 aromatic carbocycles. The zero-order valence-electron chi connectivity index (χ0n) is 15.0. The third-order valence-electron chi connectivity index (χ3n) is 4.24. The maximum atomic E-state index is 12.3. The molecule has 0 saturated heterocycles. The number of aromatic nitrogens is 2. The smallest absolute Gasteiger partial charge is 0.350 e. The molecule has 7 heteroatoms. The number of carbonyl (C=O) groups is 1. The molecule has 2 N–H and O–H groups in total. The molecule has 0 amide bonds. The molecule has 3 heterocycles. The lowest BCUT2D eigenvalue weighted by molar-refractivity contribution is 0.0533. The standard InChI is InChI=1S/C21H16ClN3O2S/c1-2-27-21(26)19-18(23)17-14(12-6-8-13(22)9-7-12)11-16(25-20(17)28-19)15-5-3-4-10-24-15/h3-11H,2,23H2,1H3. The molecule has 4 aromatic rings. The van der Waals surface area contributed by atoms with Gasteiger partial charge in [-0.1, -0.05) is 29.8 Å². The van der Waals surface area contributed by atoms with E-state index >= 15 is 0 Å². The number of nitrogen functional groups attached to an aromatic ring is 1. The van der Waals surface area contributed by atoms with Gasteiger partial charge in [-0.25, -0.2) is 9.78 Å². The van der Waals surface area contributed by atoms with E-state index < -0.39 is 5.97 Å². The van der Waals surface area contributed by atoms with Gasteiger partial charge in [-0.2, -0.15) is 0 Å². The number of ether oxygens (including phenoxy) is 1. The summed E-state index contributed by atoms with van der Waals surface area (Å²) in [5, 5.41) is 1.37. The van der Waals surface area contributed by atoms with E-state index in [0.29, 0.717) is 26.1 Å². The fourth-order valence-electron chi connectivity index (χ4n) is 2.97. The number of hydrogen-bond donors (Lipinski definition) is 1. The summed E-state index contributed by atoms with van der Waals surface area (Å²) in [6.07, 6.45) is 1.72. The maximum Gasteiger partial charge on any atom is 0.350 e. The molecule has 0 aliphatic rings. The lowest BCUT2D eigenvalue weighted by Crippen LogP contribution is -2.04. The number of pyridine rings is 2. The highest BCUT2D eigenvalue weighted by Gasteiger charge is 2.22. The van der Waals surface area contributed by atoms with Crippen molar-refractivity contribution in [3.8, 4) is 22.5 Å². The monoisotopic (exact) mass is 409 g/mol. The number of nitrogens with two attached hydrogens (primary N) is 1. The normalized spacial score (nSPS) is 10.9. The van der Waals surface area contributed by atoms with Gasteiger partial charge in [-0.05, 0) is 48.4 Å². The summed E-state index contributed by atoms with van der Waals surface area (Å²) in [6.45, 7) is 2.04. The van der Waals surface area contributed by atoms with Crippen LogP contribution in [0.2, 0.25) is 5.02 Å². The number of esters is 1. The van der Waals surface area contributed by atoms with Crippen molar-refractivity contribution < 1.29 is 9.53 Å². The van der Waals surface area contributed by atoms with Gasteiger partial charge >= 0.3 is 5.97 Å². The first-order valence-electron chi connectivity index (χ1n) is 8.66. The molecular weight excluding hydrogens is 394 g/mol. The van der Waals surface area contributed by atoms with Gasteiger partial charge < -0.3 is 10.5 Å². The SMILES string of the molecule is CCOC(=O)c1sc2nc(-c3ccccn3)cc(-c3ccc(Cl)cc3)c2c1N. The first-order valence-corrected chi connectivity index (χ1v) is 9.85. The van der Waals surface area contributed by atoms with E-state index in [1.807, 2.05) is 48.5 Å². The van der Waals surface area contributed by atoms with Crippen molar-refractivity contribution >= 4 is 44.8 Å². The van der Waals surface area contributed by atoms with Crippen LogP contribution in [-0.2, 0) is 4.74 Å². The molecule has 0 fully saturated rings. The number of carbonyl (C=O) groups excluding carboxylic acids is 1. The molecule has 3 aromatic heterocycles. The zero-order chi connectivity index (χ0) is 19.7. The molecular formula is C21H16ClN3O2S. The van der Waals surface area contributed by atoms with E-state index in [4.69, 9.17) is 27.1 Å². The summed E-state index contributed by atoms with van der Waals surface area (Å²) < 4.78 is 5.15. The van der Waals surface area contributed by atoms with Crippen LogP contribution in [0.3, 0.4) is 0 Å². The highest BCUT2D eigenvalue weighted by atomic mass is 35.5. The molecule has 0 unspecified atom stereocenters. The van der Waals surface area contributed by atoms with Crippen LogP contribution in [0.1, 0.15) is 16.6 Å². The number of rotatable bonds is 4. The van der Waals surface area contributed by atoms with Gasteiger partial charge in [0.15, 0.2) is 0 Å². The first kappa shape index (κ1) is 18.4. The van der Waals surface area contributed by atoms with Crippen molar-refractivity contribution in [1.82, 2.24) is 9.97 Å². The van der Waals surface area contributed by atoms with E-state index in [0.717, 1.165) is 22.2 Å². The number of fused-ring (bicyclic) bond motifs is 1. The third kappa shape index (κ3) is 3.32. The Morgan fingerprint density at radius 1 is 1.18 bits per heavy atom. The minimum atomic E-state index is -0.440. The average molecular weight is 410 g/mol. The number of nitrogens with zero attached hydrogens (tertiary/aromatic N) is 2. The summed E-state index contributed by atoms with van der Waals surface area (Å²) in [7, 11) is 0. The van der Waals surface area contributed by atoms with E-state index in [-0.39, 0.29) is 6.61 Å². The Bertz CT molecular complexity index is 1160. The number of halogens is 1. The van der Waals surface area contributed by atoms with Crippen LogP contribution in [-0.4, -0.2) is 22.5 Å².